The Morgan fingerprint density at radius 2 is 1.75 bits per heavy atom. The summed E-state index contributed by atoms with van der Waals surface area (Å²) >= 11 is 7.66. The van der Waals surface area contributed by atoms with Crippen LogP contribution in [0.25, 0.3) is 16.3 Å². The van der Waals surface area contributed by atoms with Crippen molar-refractivity contribution in [3.05, 3.63) is 53.1 Å². The van der Waals surface area contributed by atoms with Crippen molar-refractivity contribution in [3.63, 3.8) is 0 Å². The van der Waals surface area contributed by atoms with Crippen molar-refractivity contribution < 1.29 is 14.3 Å². The standard InChI is InChI=1S/C24H28ClN3O3S/c1-5-27(6-2)15-16-28(21(29)14-11-17-9-7-8-10-18(17)25)24-26-22-19(30-3)12-13-20(31-4)23(22)32-24/h7-14H,5-6,15-16H2,1-4H3/b14-11+. The van der Waals surface area contributed by atoms with Crippen molar-refractivity contribution in [2.24, 2.45) is 0 Å². The maximum absolute atomic E-state index is 13.3. The van der Waals surface area contributed by atoms with Gasteiger partial charge in [0.2, 0.25) is 0 Å². The van der Waals surface area contributed by atoms with Crippen molar-refractivity contribution in [1.29, 1.82) is 0 Å². The van der Waals surface area contributed by atoms with Gasteiger partial charge in [-0.3, -0.25) is 9.69 Å². The summed E-state index contributed by atoms with van der Waals surface area (Å²) in [7, 11) is 3.23. The first kappa shape index (κ1) is 24.0. The number of methoxy groups -OCH3 is 2. The number of benzene rings is 2. The predicted octanol–water partition coefficient (Wildman–Crippen LogP) is 5.36. The number of fused-ring (bicyclic) bond motifs is 1. The zero-order valence-corrected chi connectivity index (χ0v) is 20.4. The van der Waals surface area contributed by atoms with E-state index in [1.54, 1.807) is 37.3 Å². The Labute approximate surface area is 198 Å². The molecule has 1 aromatic heterocycles. The molecular weight excluding hydrogens is 446 g/mol. The van der Waals surface area contributed by atoms with Gasteiger partial charge in [0.05, 0.1) is 14.2 Å². The van der Waals surface area contributed by atoms with Gasteiger partial charge in [-0.15, -0.1) is 0 Å². The van der Waals surface area contributed by atoms with Gasteiger partial charge in [-0.05, 0) is 42.9 Å². The average molecular weight is 474 g/mol. The van der Waals surface area contributed by atoms with Gasteiger partial charge in [-0.1, -0.05) is 55.0 Å². The fourth-order valence-electron chi connectivity index (χ4n) is 3.33. The molecule has 2 aromatic carbocycles. The van der Waals surface area contributed by atoms with Gasteiger partial charge in [0.15, 0.2) is 5.13 Å². The number of carbonyl (C=O) groups excluding carboxylic acids is 1. The Kier molecular flexibility index (Phi) is 8.50. The van der Waals surface area contributed by atoms with Crippen molar-refractivity contribution in [2.45, 2.75) is 13.8 Å². The third-order valence-electron chi connectivity index (χ3n) is 5.24. The molecule has 3 aromatic rings. The molecule has 3 rings (SSSR count). The minimum absolute atomic E-state index is 0.158. The molecule has 0 spiro atoms. The summed E-state index contributed by atoms with van der Waals surface area (Å²) in [6.07, 6.45) is 3.29. The summed E-state index contributed by atoms with van der Waals surface area (Å²) < 4.78 is 11.8. The molecule has 0 aliphatic carbocycles. The van der Waals surface area contributed by atoms with Crippen LogP contribution in [-0.4, -0.2) is 56.2 Å². The van der Waals surface area contributed by atoms with E-state index in [2.05, 4.69) is 18.7 Å². The highest BCUT2D eigenvalue weighted by Gasteiger charge is 2.22. The molecule has 0 aliphatic heterocycles. The summed E-state index contributed by atoms with van der Waals surface area (Å²) in [6.45, 7) is 7.30. The number of hydrogen-bond donors (Lipinski definition) is 0. The average Bonchev–Trinajstić information content (AvgIpc) is 3.25. The van der Waals surface area contributed by atoms with Crippen LogP contribution in [-0.2, 0) is 4.79 Å². The summed E-state index contributed by atoms with van der Waals surface area (Å²) in [5, 5.41) is 1.20. The van der Waals surface area contributed by atoms with Crippen LogP contribution in [0.15, 0.2) is 42.5 Å². The quantitative estimate of drug-likeness (QED) is 0.371. The summed E-state index contributed by atoms with van der Waals surface area (Å²) in [4.78, 5) is 22.0. The van der Waals surface area contributed by atoms with Crippen molar-refractivity contribution in [2.75, 3.05) is 45.3 Å². The van der Waals surface area contributed by atoms with Crippen LogP contribution >= 0.6 is 22.9 Å². The van der Waals surface area contributed by atoms with Crippen LogP contribution in [0, 0.1) is 0 Å². The predicted molar refractivity (Wildman–Crippen MR) is 133 cm³/mol. The van der Waals surface area contributed by atoms with Gasteiger partial charge < -0.3 is 14.4 Å². The van der Waals surface area contributed by atoms with Crippen LogP contribution in [0.2, 0.25) is 5.02 Å². The molecule has 0 bridgehead atoms. The molecular formula is C24H28ClN3O3S. The molecule has 0 unspecified atom stereocenters. The third kappa shape index (κ3) is 5.41. The Morgan fingerprint density at radius 1 is 1.06 bits per heavy atom. The SMILES string of the molecule is CCN(CC)CCN(C(=O)/C=C/c1ccccc1Cl)c1nc2c(OC)ccc(OC)c2s1. The number of likely N-dealkylation sites (N-methyl/N-ethyl adjacent to an activating group) is 1. The van der Waals surface area contributed by atoms with Crippen LogP contribution in [0.3, 0.4) is 0 Å². The maximum Gasteiger partial charge on any atom is 0.252 e. The van der Waals surface area contributed by atoms with Gasteiger partial charge in [-0.25, -0.2) is 4.98 Å². The fourth-order valence-corrected chi connectivity index (χ4v) is 4.64. The lowest BCUT2D eigenvalue weighted by Crippen LogP contribution is -2.38. The van der Waals surface area contributed by atoms with E-state index in [4.69, 9.17) is 26.1 Å². The molecule has 0 saturated carbocycles. The van der Waals surface area contributed by atoms with Gasteiger partial charge in [0, 0.05) is 24.2 Å². The van der Waals surface area contributed by atoms with Crippen molar-refractivity contribution in [1.82, 2.24) is 9.88 Å². The van der Waals surface area contributed by atoms with Crippen LogP contribution in [0.4, 0.5) is 5.13 Å². The number of halogens is 1. The zero-order valence-electron chi connectivity index (χ0n) is 18.8. The number of nitrogens with zero attached hydrogens (tertiary/aromatic N) is 3. The van der Waals surface area contributed by atoms with E-state index in [0.717, 1.165) is 29.9 Å². The molecule has 0 atom stereocenters. The zero-order chi connectivity index (χ0) is 23.1. The number of amides is 1. The lowest BCUT2D eigenvalue weighted by Gasteiger charge is -2.23. The molecule has 0 radical (unpaired) electrons. The van der Waals surface area contributed by atoms with E-state index in [9.17, 15) is 4.79 Å². The molecule has 32 heavy (non-hydrogen) atoms. The Bertz CT molecular complexity index is 1050. The highest BCUT2D eigenvalue weighted by molar-refractivity contribution is 7.22. The largest absolute Gasteiger partial charge is 0.495 e. The van der Waals surface area contributed by atoms with Crippen LogP contribution in [0.5, 0.6) is 11.5 Å². The minimum Gasteiger partial charge on any atom is -0.495 e. The van der Waals surface area contributed by atoms with E-state index in [1.807, 2.05) is 30.3 Å². The molecule has 8 heteroatoms. The monoisotopic (exact) mass is 473 g/mol. The van der Waals surface area contributed by atoms with E-state index in [-0.39, 0.29) is 5.91 Å². The fraction of sp³-hybridized carbons (Fsp3) is 0.333. The van der Waals surface area contributed by atoms with Crippen molar-refractivity contribution in [3.8, 4) is 11.5 Å². The number of ether oxygens (including phenoxy) is 2. The van der Waals surface area contributed by atoms with Gasteiger partial charge in [-0.2, -0.15) is 0 Å². The number of carbonyl (C=O) groups is 1. The van der Waals surface area contributed by atoms with Gasteiger partial charge >= 0.3 is 0 Å². The molecule has 0 fully saturated rings. The number of rotatable bonds is 10. The second-order valence-electron chi connectivity index (χ2n) is 7.02. The maximum atomic E-state index is 13.3. The van der Waals surface area contributed by atoms with E-state index < -0.39 is 0 Å². The molecule has 0 saturated heterocycles. The van der Waals surface area contributed by atoms with Gasteiger partial charge in [0.25, 0.3) is 5.91 Å². The van der Waals surface area contributed by atoms with Crippen LogP contribution in [0.1, 0.15) is 19.4 Å². The van der Waals surface area contributed by atoms with E-state index in [0.29, 0.717) is 33.7 Å². The van der Waals surface area contributed by atoms with Gasteiger partial charge in [0.1, 0.15) is 21.7 Å². The molecule has 0 N–H and O–H groups in total. The summed E-state index contributed by atoms with van der Waals surface area (Å²) in [5.41, 5.74) is 1.47. The Hall–Kier alpha value is -2.61. The van der Waals surface area contributed by atoms with E-state index >= 15 is 0 Å². The first-order chi connectivity index (χ1) is 15.5. The number of anilines is 1. The third-order valence-corrected chi connectivity index (χ3v) is 6.68. The summed E-state index contributed by atoms with van der Waals surface area (Å²) in [6, 6.07) is 11.1. The topological polar surface area (TPSA) is 54.9 Å². The smallest absolute Gasteiger partial charge is 0.252 e. The first-order valence-corrected chi connectivity index (χ1v) is 11.7. The minimum atomic E-state index is -0.158. The molecule has 6 nitrogen and oxygen atoms in total. The number of thiazole rings is 1. The molecule has 170 valence electrons. The number of hydrogen-bond acceptors (Lipinski definition) is 6. The Balaban J connectivity index is 1.98. The lowest BCUT2D eigenvalue weighted by atomic mass is 10.2. The van der Waals surface area contributed by atoms with Crippen LogP contribution < -0.4 is 14.4 Å². The second kappa shape index (κ2) is 11.3. The first-order valence-electron chi connectivity index (χ1n) is 10.5. The van der Waals surface area contributed by atoms with Crippen molar-refractivity contribution >= 4 is 50.3 Å². The lowest BCUT2D eigenvalue weighted by molar-refractivity contribution is -0.114. The normalized spacial score (nSPS) is 11.4. The second-order valence-corrected chi connectivity index (χ2v) is 8.40. The van der Waals surface area contributed by atoms with E-state index in [1.165, 1.54) is 11.3 Å². The molecule has 0 aliphatic rings. The highest BCUT2D eigenvalue weighted by Crippen LogP contribution is 2.40. The number of aromatic nitrogens is 1. The molecule has 1 amide bonds. The molecule has 1 heterocycles. The summed E-state index contributed by atoms with van der Waals surface area (Å²) in [5.74, 6) is 1.19. The highest BCUT2D eigenvalue weighted by atomic mass is 35.5. The Morgan fingerprint density at radius 3 is 2.41 bits per heavy atom.